The van der Waals surface area contributed by atoms with Crippen LogP contribution in [0.2, 0.25) is 0 Å². The number of benzene rings is 1. The number of methoxy groups -OCH3 is 1. The number of carbonyl (C=O) groups is 2. The number of likely N-dealkylation sites (N-methyl/N-ethyl adjacent to an activating group) is 1. The van der Waals surface area contributed by atoms with Crippen LogP contribution < -0.4 is 4.90 Å². The Morgan fingerprint density at radius 1 is 1.26 bits per heavy atom. The first kappa shape index (κ1) is 34.8. The summed E-state index contributed by atoms with van der Waals surface area (Å²) in [5.41, 5.74) is 0.724. The molecule has 0 aliphatic carbocycles. The lowest BCUT2D eigenvalue weighted by Gasteiger charge is -2.33. The van der Waals surface area contributed by atoms with Crippen LogP contribution in [-0.2, 0) is 9.47 Å². The Morgan fingerprint density at radius 2 is 1.90 bits per heavy atom. The summed E-state index contributed by atoms with van der Waals surface area (Å²) in [5, 5.41) is 16.0. The molecule has 0 spiro atoms. The van der Waals surface area contributed by atoms with Gasteiger partial charge in [-0.1, -0.05) is 26.0 Å². The predicted octanol–water partition coefficient (Wildman–Crippen LogP) is 6.59. The molecule has 1 heterocycles. The van der Waals surface area contributed by atoms with Gasteiger partial charge in [0.15, 0.2) is 0 Å². The van der Waals surface area contributed by atoms with Crippen molar-refractivity contribution in [2.75, 3.05) is 38.7 Å². The second-order valence-corrected chi connectivity index (χ2v) is 12.5. The quantitative estimate of drug-likeness (QED) is 0.134. The standard InChI is InChI=1S/C33H50N4O5/c1-11-28(41-10)20-32(8,12-2)23-34-37(31(5,6)7)22-25(4)21-35(9)19-18-33(13-3)24-36(30(40)42-33)27-16-14-26(15-17-27)29(38)39/h11-12,14-17,22-23,28H,1-2,13,18-21,24H2,3-10H3,(H,38,39)/b25-22+,34-23+. The van der Waals surface area contributed by atoms with Gasteiger partial charge < -0.3 is 19.5 Å². The zero-order valence-electron chi connectivity index (χ0n) is 26.7. The zero-order valence-corrected chi connectivity index (χ0v) is 26.7. The molecule has 232 valence electrons. The average Bonchev–Trinajstić information content (AvgIpc) is 3.29. The maximum Gasteiger partial charge on any atom is 0.415 e. The summed E-state index contributed by atoms with van der Waals surface area (Å²) in [4.78, 5) is 27.8. The number of allylic oxidation sites excluding steroid dienone is 1. The number of nitrogens with zero attached hydrogens (tertiary/aromatic N) is 4. The van der Waals surface area contributed by atoms with Crippen molar-refractivity contribution < 1.29 is 24.2 Å². The minimum atomic E-state index is -1.00. The van der Waals surface area contributed by atoms with Gasteiger partial charge in [-0.2, -0.15) is 5.10 Å². The van der Waals surface area contributed by atoms with Crippen LogP contribution in [0.5, 0.6) is 0 Å². The second kappa shape index (κ2) is 14.6. The molecule has 1 aromatic rings. The molecule has 0 radical (unpaired) electrons. The minimum absolute atomic E-state index is 0.0939. The van der Waals surface area contributed by atoms with Gasteiger partial charge in [-0.3, -0.25) is 9.91 Å². The summed E-state index contributed by atoms with van der Waals surface area (Å²) >= 11 is 0. The molecule has 9 heteroatoms. The molecular weight excluding hydrogens is 532 g/mol. The Balaban J connectivity index is 2.08. The molecule has 3 atom stereocenters. The Bertz CT molecular complexity index is 1160. The summed E-state index contributed by atoms with van der Waals surface area (Å²) in [6, 6.07) is 6.29. The molecule has 9 nitrogen and oxygen atoms in total. The van der Waals surface area contributed by atoms with Crippen LogP contribution in [0.25, 0.3) is 0 Å². The van der Waals surface area contributed by atoms with E-state index in [0.29, 0.717) is 31.5 Å². The molecule has 1 aromatic carbocycles. The van der Waals surface area contributed by atoms with Crippen molar-refractivity contribution in [3.8, 4) is 0 Å². The van der Waals surface area contributed by atoms with Gasteiger partial charge in [-0.05, 0) is 77.4 Å². The number of aromatic carboxylic acids is 1. The normalized spacial score (nSPS) is 20.0. The van der Waals surface area contributed by atoms with Gasteiger partial charge in [-0.15, -0.1) is 13.2 Å². The van der Waals surface area contributed by atoms with E-state index in [2.05, 4.69) is 65.9 Å². The van der Waals surface area contributed by atoms with E-state index in [4.69, 9.17) is 19.7 Å². The highest BCUT2D eigenvalue weighted by Crippen LogP contribution is 2.33. The lowest BCUT2D eigenvalue weighted by Crippen LogP contribution is -2.38. The zero-order chi connectivity index (χ0) is 31.7. The van der Waals surface area contributed by atoms with Crippen molar-refractivity contribution >= 4 is 24.0 Å². The Morgan fingerprint density at radius 3 is 2.40 bits per heavy atom. The SMILES string of the molecule is C=CC(CC(C)(C=C)/C=N/N(/C=C(\C)CN(C)CCC1(CC)CN(c2ccc(C(=O)O)cc2)C(=O)O1)C(C)(C)C)OC. The molecule has 0 aromatic heterocycles. The number of cyclic esters (lactones) is 1. The van der Waals surface area contributed by atoms with Crippen molar-refractivity contribution in [2.45, 2.75) is 78.0 Å². The van der Waals surface area contributed by atoms with E-state index >= 15 is 0 Å². The van der Waals surface area contributed by atoms with E-state index < -0.39 is 17.7 Å². The minimum Gasteiger partial charge on any atom is -0.478 e. The molecule has 3 unspecified atom stereocenters. The lowest BCUT2D eigenvalue weighted by atomic mass is 9.86. The third-order valence-electron chi connectivity index (χ3n) is 7.69. The molecule has 1 aliphatic heterocycles. The summed E-state index contributed by atoms with van der Waals surface area (Å²) in [5.74, 6) is -1.00. The number of hydrogen-bond acceptors (Lipinski definition) is 7. The van der Waals surface area contributed by atoms with Crippen molar-refractivity contribution in [2.24, 2.45) is 10.5 Å². The molecule has 1 fully saturated rings. The van der Waals surface area contributed by atoms with Gasteiger partial charge >= 0.3 is 12.1 Å². The maximum absolute atomic E-state index is 12.8. The fraction of sp³-hybridized carbons (Fsp3) is 0.545. The van der Waals surface area contributed by atoms with Crippen LogP contribution in [0.3, 0.4) is 0 Å². The molecule has 1 amide bonds. The van der Waals surface area contributed by atoms with Gasteiger partial charge in [0.25, 0.3) is 0 Å². The van der Waals surface area contributed by atoms with E-state index in [1.807, 2.05) is 24.2 Å². The van der Waals surface area contributed by atoms with Crippen LogP contribution in [-0.4, -0.2) is 84.3 Å². The molecule has 2 rings (SSSR count). The molecular formula is C33H50N4O5. The van der Waals surface area contributed by atoms with Gasteiger partial charge in [0, 0.05) is 50.1 Å². The Hall–Kier alpha value is -3.43. The predicted molar refractivity (Wildman–Crippen MR) is 170 cm³/mol. The number of amides is 1. The third-order valence-corrected chi connectivity index (χ3v) is 7.69. The first-order chi connectivity index (χ1) is 19.6. The number of carboxylic acids is 1. The topological polar surface area (TPSA) is 94.9 Å². The van der Waals surface area contributed by atoms with E-state index in [-0.39, 0.29) is 22.6 Å². The van der Waals surface area contributed by atoms with E-state index in [9.17, 15) is 9.59 Å². The van der Waals surface area contributed by atoms with Gasteiger partial charge in [0.1, 0.15) is 5.60 Å². The number of ether oxygens (including phenoxy) is 2. The smallest absolute Gasteiger partial charge is 0.415 e. The Kier molecular flexibility index (Phi) is 12.1. The summed E-state index contributed by atoms with van der Waals surface area (Å²) in [6.45, 7) is 22.3. The van der Waals surface area contributed by atoms with Gasteiger partial charge in [0.2, 0.25) is 0 Å². The highest BCUT2D eigenvalue weighted by Gasteiger charge is 2.44. The monoisotopic (exact) mass is 582 g/mol. The molecule has 1 saturated heterocycles. The van der Waals surface area contributed by atoms with E-state index in [0.717, 1.165) is 18.7 Å². The van der Waals surface area contributed by atoms with Crippen LogP contribution in [0.15, 0.2) is 66.4 Å². The number of carboxylic acid groups (broad SMARTS) is 1. The summed E-state index contributed by atoms with van der Waals surface area (Å²) in [6.07, 6.45) is 9.22. The highest BCUT2D eigenvalue weighted by atomic mass is 16.6. The highest BCUT2D eigenvalue weighted by molar-refractivity contribution is 5.92. The maximum atomic E-state index is 12.8. The second-order valence-electron chi connectivity index (χ2n) is 12.5. The van der Waals surface area contributed by atoms with Crippen LogP contribution in [0.4, 0.5) is 10.5 Å². The lowest BCUT2D eigenvalue weighted by molar-refractivity contribution is 0.0397. The molecule has 1 aliphatic rings. The van der Waals surface area contributed by atoms with E-state index in [1.54, 1.807) is 30.2 Å². The fourth-order valence-corrected chi connectivity index (χ4v) is 4.73. The number of hydrogen-bond donors (Lipinski definition) is 1. The molecule has 0 bridgehead atoms. The first-order valence-corrected chi connectivity index (χ1v) is 14.4. The summed E-state index contributed by atoms with van der Waals surface area (Å²) < 4.78 is 11.4. The number of hydrazone groups is 1. The van der Waals surface area contributed by atoms with E-state index in [1.165, 1.54) is 12.1 Å². The molecule has 42 heavy (non-hydrogen) atoms. The van der Waals surface area contributed by atoms with Gasteiger partial charge in [0.05, 0.1) is 23.8 Å². The molecule has 0 saturated carbocycles. The van der Waals surface area contributed by atoms with Crippen molar-refractivity contribution in [1.29, 1.82) is 0 Å². The fourth-order valence-electron chi connectivity index (χ4n) is 4.73. The Labute approximate surface area is 252 Å². The van der Waals surface area contributed by atoms with Crippen LogP contribution in [0.1, 0.15) is 71.2 Å². The van der Waals surface area contributed by atoms with Gasteiger partial charge in [-0.25, -0.2) is 9.59 Å². The van der Waals surface area contributed by atoms with Crippen LogP contribution in [0, 0.1) is 5.41 Å². The first-order valence-electron chi connectivity index (χ1n) is 14.4. The van der Waals surface area contributed by atoms with Crippen molar-refractivity contribution in [1.82, 2.24) is 9.91 Å². The summed E-state index contributed by atoms with van der Waals surface area (Å²) in [7, 11) is 3.73. The number of anilines is 1. The molecule has 1 N–H and O–H groups in total. The van der Waals surface area contributed by atoms with Crippen molar-refractivity contribution in [3.63, 3.8) is 0 Å². The number of rotatable bonds is 16. The average molecular weight is 583 g/mol. The van der Waals surface area contributed by atoms with Crippen LogP contribution >= 0.6 is 0 Å². The van der Waals surface area contributed by atoms with Crippen molar-refractivity contribution in [3.05, 3.63) is 66.9 Å². The number of carbonyl (C=O) groups excluding carboxylic acids is 1. The largest absolute Gasteiger partial charge is 0.478 e. The third kappa shape index (κ3) is 9.56.